The van der Waals surface area contributed by atoms with Crippen LogP contribution in [0.4, 0.5) is 13.2 Å². The lowest BCUT2D eigenvalue weighted by Gasteiger charge is -2.28. The van der Waals surface area contributed by atoms with E-state index in [9.17, 15) is 18.0 Å². The molecule has 2 aromatic carbocycles. The van der Waals surface area contributed by atoms with Crippen LogP contribution < -0.4 is 0 Å². The minimum atomic E-state index is -4.54. The number of allylic oxidation sites excluding steroid dienone is 4. The normalized spacial score (nSPS) is 15.6. The van der Waals surface area contributed by atoms with Gasteiger partial charge in [0.1, 0.15) is 5.76 Å². The van der Waals surface area contributed by atoms with Gasteiger partial charge in [-0.3, -0.25) is 4.90 Å². The fraction of sp³-hybridized carbons (Fsp3) is 0.321. The molecule has 198 valence electrons. The van der Waals surface area contributed by atoms with Gasteiger partial charge in [-0.2, -0.15) is 13.2 Å². The molecule has 9 heteroatoms. The van der Waals surface area contributed by atoms with Crippen LogP contribution in [0, 0.1) is 0 Å². The molecule has 1 aliphatic carbocycles. The van der Waals surface area contributed by atoms with Crippen LogP contribution in [0.25, 0.3) is 0 Å². The van der Waals surface area contributed by atoms with Gasteiger partial charge in [0.15, 0.2) is 0 Å². The maximum Gasteiger partial charge on any atom is 0.417 e. The summed E-state index contributed by atoms with van der Waals surface area (Å²) in [6.45, 7) is 1.51. The molecule has 37 heavy (non-hydrogen) atoms. The number of halogens is 4. The minimum absolute atomic E-state index is 0.201. The van der Waals surface area contributed by atoms with Gasteiger partial charge in [-0.15, -0.1) is 0 Å². The van der Waals surface area contributed by atoms with E-state index in [1.54, 1.807) is 31.4 Å². The van der Waals surface area contributed by atoms with Crippen molar-refractivity contribution in [3.8, 4) is 0 Å². The Morgan fingerprint density at radius 3 is 2.62 bits per heavy atom. The largest absolute Gasteiger partial charge is 0.498 e. The van der Waals surface area contributed by atoms with Crippen LogP contribution in [-0.2, 0) is 27.0 Å². The van der Waals surface area contributed by atoms with Gasteiger partial charge in [0, 0.05) is 39.2 Å². The summed E-state index contributed by atoms with van der Waals surface area (Å²) in [6.07, 6.45) is 2.52. The molecule has 0 saturated heterocycles. The number of carbonyl (C=O) groups is 1. The lowest BCUT2D eigenvalue weighted by atomic mass is 10.1. The Morgan fingerprint density at radius 2 is 1.95 bits per heavy atom. The number of carboxylic acids is 1. The highest BCUT2D eigenvalue weighted by Gasteiger charge is 2.34. The standard InChI is InChI=1S/C28H29ClF3NO4/c1-36-25(21-9-3-2-4-10-21)19-33(18-22-11-6-13-24(27(22)29)28(30,31)32)14-7-15-37-23-12-5-8-20(16-23)17-26(34)35/h2-6,8-13,17,25H,7,14-16,18-19H2,1H3,(H,34,35)/b20-17+/t25-/m1/s1. The number of carboxylic acid groups (broad SMARTS) is 1. The third kappa shape index (κ3) is 8.77. The molecule has 1 aliphatic rings. The highest BCUT2D eigenvalue weighted by molar-refractivity contribution is 6.32. The number of nitrogens with zero attached hydrogens (tertiary/aromatic N) is 1. The predicted molar refractivity (Wildman–Crippen MR) is 136 cm³/mol. The molecule has 3 rings (SSSR count). The third-order valence-electron chi connectivity index (χ3n) is 5.84. The topological polar surface area (TPSA) is 59.0 Å². The van der Waals surface area contributed by atoms with Crippen molar-refractivity contribution in [2.24, 2.45) is 0 Å². The first-order chi connectivity index (χ1) is 17.7. The summed E-state index contributed by atoms with van der Waals surface area (Å²) in [6, 6.07) is 13.5. The molecular weight excluding hydrogens is 507 g/mol. The number of alkyl halides is 3. The van der Waals surface area contributed by atoms with Gasteiger partial charge in [-0.05, 0) is 35.3 Å². The summed E-state index contributed by atoms with van der Waals surface area (Å²) in [4.78, 5) is 12.9. The highest BCUT2D eigenvalue weighted by Crippen LogP contribution is 2.36. The molecule has 2 aromatic rings. The first-order valence-corrected chi connectivity index (χ1v) is 12.1. The number of hydrogen-bond acceptors (Lipinski definition) is 4. The smallest absolute Gasteiger partial charge is 0.417 e. The number of ether oxygens (including phenoxy) is 2. The van der Waals surface area contributed by atoms with E-state index in [-0.39, 0.29) is 17.7 Å². The fourth-order valence-electron chi connectivity index (χ4n) is 4.06. The zero-order valence-electron chi connectivity index (χ0n) is 20.4. The summed E-state index contributed by atoms with van der Waals surface area (Å²) >= 11 is 6.17. The molecule has 0 aromatic heterocycles. The van der Waals surface area contributed by atoms with E-state index in [1.165, 1.54) is 6.07 Å². The molecule has 0 heterocycles. The van der Waals surface area contributed by atoms with E-state index in [0.717, 1.165) is 17.7 Å². The van der Waals surface area contributed by atoms with E-state index in [1.807, 2.05) is 35.2 Å². The van der Waals surface area contributed by atoms with E-state index in [0.29, 0.717) is 49.4 Å². The van der Waals surface area contributed by atoms with Gasteiger partial charge in [0.05, 0.1) is 23.3 Å². The first kappa shape index (κ1) is 28.5. The Labute approximate surface area is 219 Å². The molecule has 0 amide bonds. The van der Waals surface area contributed by atoms with Crippen molar-refractivity contribution in [2.45, 2.75) is 31.7 Å². The Hall–Kier alpha value is -3.07. The average molecular weight is 536 g/mol. The van der Waals surface area contributed by atoms with Crippen molar-refractivity contribution < 1.29 is 32.5 Å². The first-order valence-electron chi connectivity index (χ1n) is 11.8. The zero-order chi connectivity index (χ0) is 26.8. The summed E-state index contributed by atoms with van der Waals surface area (Å²) in [5, 5.41) is 8.64. The van der Waals surface area contributed by atoms with Crippen molar-refractivity contribution >= 4 is 17.6 Å². The van der Waals surface area contributed by atoms with Gasteiger partial charge in [-0.25, -0.2) is 4.79 Å². The molecule has 0 radical (unpaired) electrons. The van der Waals surface area contributed by atoms with Gasteiger partial charge >= 0.3 is 12.1 Å². The van der Waals surface area contributed by atoms with E-state index in [2.05, 4.69) is 0 Å². The van der Waals surface area contributed by atoms with Crippen LogP contribution in [0.1, 0.15) is 35.6 Å². The number of aliphatic carboxylic acids is 1. The van der Waals surface area contributed by atoms with Crippen LogP contribution in [0.5, 0.6) is 0 Å². The van der Waals surface area contributed by atoms with Crippen molar-refractivity contribution in [1.82, 2.24) is 4.90 Å². The van der Waals surface area contributed by atoms with E-state index >= 15 is 0 Å². The van der Waals surface area contributed by atoms with Crippen molar-refractivity contribution in [1.29, 1.82) is 0 Å². The molecule has 0 saturated carbocycles. The van der Waals surface area contributed by atoms with Crippen molar-refractivity contribution in [2.75, 3.05) is 26.8 Å². The van der Waals surface area contributed by atoms with Crippen LogP contribution in [0.3, 0.4) is 0 Å². The summed E-state index contributed by atoms with van der Waals surface area (Å²) in [5.74, 6) is -0.363. The fourth-order valence-corrected chi connectivity index (χ4v) is 4.35. The summed E-state index contributed by atoms with van der Waals surface area (Å²) < 4.78 is 51.7. The number of hydrogen-bond donors (Lipinski definition) is 1. The molecule has 0 bridgehead atoms. The molecule has 1 atom stereocenters. The second-order valence-electron chi connectivity index (χ2n) is 8.57. The van der Waals surface area contributed by atoms with E-state index < -0.39 is 17.7 Å². The minimum Gasteiger partial charge on any atom is -0.498 e. The Balaban J connectivity index is 1.69. The van der Waals surface area contributed by atoms with Gasteiger partial charge in [-0.1, -0.05) is 66.2 Å². The van der Waals surface area contributed by atoms with Gasteiger partial charge < -0.3 is 14.6 Å². The lowest BCUT2D eigenvalue weighted by molar-refractivity contribution is -0.137. The Kier molecular flexibility index (Phi) is 10.4. The van der Waals surface area contributed by atoms with Crippen molar-refractivity contribution in [3.63, 3.8) is 0 Å². The Bertz CT molecular complexity index is 1150. The molecule has 1 N–H and O–H groups in total. The van der Waals surface area contributed by atoms with Crippen LogP contribution in [0.2, 0.25) is 5.02 Å². The maximum atomic E-state index is 13.4. The molecule has 5 nitrogen and oxygen atoms in total. The zero-order valence-corrected chi connectivity index (χ0v) is 21.1. The SMILES string of the molecule is CO[C@H](CN(CCCOC1=CC=C/C(=C\C(=O)O)C1)Cc1cccc(C(F)(F)F)c1Cl)c1ccccc1. The third-order valence-corrected chi connectivity index (χ3v) is 6.29. The van der Waals surface area contributed by atoms with E-state index in [4.69, 9.17) is 26.2 Å². The molecule has 0 aliphatic heterocycles. The monoisotopic (exact) mass is 535 g/mol. The highest BCUT2D eigenvalue weighted by atomic mass is 35.5. The number of methoxy groups -OCH3 is 1. The Morgan fingerprint density at radius 1 is 1.19 bits per heavy atom. The molecule has 0 spiro atoms. The maximum absolute atomic E-state index is 13.4. The number of benzene rings is 2. The summed E-state index contributed by atoms with van der Waals surface area (Å²) in [5.41, 5.74) is 1.11. The van der Waals surface area contributed by atoms with Gasteiger partial charge in [0.25, 0.3) is 0 Å². The quantitative estimate of drug-likeness (QED) is 0.239. The van der Waals surface area contributed by atoms with Crippen LogP contribution in [-0.4, -0.2) is 42.8 Å². The number of rotatable bonds is 12. The second-order valence-corrected chi connectivity index (χ2v) is 8.95. The van der Waals surface area contributed by atoms with Crippen LogP contribution in [0.15, 0.2) is 84.2 Å². The lowest BCUT2D eigenvalue weighted by Crippen LogP contribution is -2.31. The average Bonchev–Trinajstić information content (AvgIpc) is 2.85. The van der Waals surface area contributed by atoms with Crippen LogP contribution >= 0.6 is 11.6 Å². The summed E-state index contributed by atoms with van der Waals surface area (Å²) in [7, 11) is 1.60. The molecular formula is C28H29ClF3NO4. The molecule has 0 fully saturated rings. The predicted octanol–water partition coefficient (Wildman–Crippen LogP) is 6.81. The molecule has 0 unspecified atom stereocenters. The second kappa shape index (κ2) is 13.5. The van der Waals surface area contributed by atoms with Gasteiger partial charge in [0.2, 0.25) is 0 Å². The van der Waals surface area contributed by atoms with Crippen molar-refractivity contribution in [3.05, 3.63) is 106 Å².